The van der Waals surface area contributed by atoms with Gasteiger partial charge in [-0.2, -0.15) is 0 Å². The standard InChI is InChI=1S/C20H20ClNO/c1-22-8-7-16-10-19(21)20(23)11-17(16)18(12-22)15-6-5-13-3-2-4-14(13)9-15/h2,4-6,9-11,18,23H,3,7-8,12H2,1H3. The minimum absolute atomic E-state index is 0.182. The molecule has 1 heterocycles. The van der Waals surface area contributed by atoms with Gasteiger partial charge >= 0.3 is 0 Å². The highest BCUT2D eigenvalue weighted by Gasteiger charge is 2.25. The summed E-state index contributed by atoms with van der Waals surface area (Å²) in [6.07, 6.45) is 6.42. The van der Waals surface area contributed by atoms with Gasteiger partial charge in [-0.15, -0.1) is 0 Å². The number of nitrogens with zero attached hydrogens (tertiary/aromatic N) is 1. The van der Waals surface area contributed by atoms with E-state index in [-0.39, 0.29) is 11.7 Å². The van der Waals surface area contributed by atoms with Crippen molar-refractivity contribution in [2.45, 2.75) is 18.8 Å². The lowest BCUT2D eigenvalue weighted by Crippen LogP contribution is -2.24. The van der Waals surface area contributed by atoms with Crippen LogP contribution in [0.3, 0.4) is 0 Å². The Kier molecular flexibility index (Phi) is 3.67. The molecular weight excluding hydrogens is 306 g/mol. The molecule has 0 saturated carbocycles. The average Bonchev–Trinajstić information content (AvgIpc) is 2.95. The van der Waals surface area contributed by atoms with Gasteiger partial charge in [0.1, 0.15) is 5.75 Å². The zero-order valence-corrected chi connectivity index (χ0v) is 14.0. The molecule has 2 aromatic carbocycles. The number of rotatable bonds is 1. The summed E-state index contributed by atoms with van der Waals surface area (Å²) in [5, 5.41) is 10.5. The van der Waals surface area contributed by atoms with Crippen LogP contribution in [0.15, 0.2) is 36.4 Å². The highest BCUT2D eigenvalue weighted by atomic mass is 35.5. The van der Waals surface area contributed by atoms with Gasteiger partial charge in [-0.1, -0.05) is 42.0 Å². The second-order valence-electron chi connectivity index (χ2n) is 6.63. The number of likely N-dealkylation sites (N-methyl/N-ethyl adjacent to an activating group) is 1. The van der Waals surface area contributed by atoms with Crippen molar-refractivity contribution in [2.75, 3.05) is 20.1 Å². The molecule has 0 aromatic heterocycles. The van der Waals surface area contributed by atoms with Gasteiger partial charge in [-0.3, -0.25) is 0 Å². The van der Waals surface area contributed by atoms with Crippen molar-refractivity contribution in [1.82, 2.24) is 4.90 Å². The Morgan fingerprint density at radius 1 is 1.17 bits per heavy atom. The Hall–Kier alpha value is -1.77. The molecule has 0 amide bonds. The number of hydrogen-bond acceptors (Lipinski definition) is 2. The summed E-state index contributed by atoms with van der Waals surface area (Å²) < 4.78 is 0. The second-order valence-corrected chi connectivity index (χ2v) is 7.04. The summed E-state index contributed by atoms with van der Waals surface area (Å²) in [7, 11) is 2.16. The number of benzene rings is 2. The molecule has 0 fully saturated rings. The SMILES string of the molecule is CN1CCc2cc(Cl)c(O)cc2C(c2ccc3c(c2)C=CC3)C1. The number of halogens is 1. The van der Waals surface area contributed by atoms with E-state index < -0.39 is 0 Å². The average molecular weight is 326 g/mol. The third kappa shape index (κ3) is 2.66. The zero-order chi connectivity index (χ0) is 16.0. The van der Waals surface area contributed by atoms with Crippen molar-refractivity contribution < 1.29 is 5.11 Å². The van der Waals surface area contributed by atoms with Gasteiger partial charge < -0.3 is 10.0 Å². The molecule has 118 valence electrons. The Labute approximate surface area is 142 Å². The first-order valence-electron chi connectivity index (χ1n) is 8.11. The third-order valence-corrected chi connectivity index (χ3v) is 5.35. The van der Waals surface area contributed by atoms with E-state index in [4.69, 9.17) is 11.6 Å². The number of fused-ring (bicyclic) bond motifs is 2. The minimum atomic E-state index is 0.182. The summed E-state index contributed by atoms with van der Waals surface area (Å²) in [5.74, 6) is 0.445. The molecule has 2 aliphatic rings. The molecule has 1 aliphatic heterocycles. The Bertz CT molecular complexity index is 796. The van der Waals surface area contributed by atoms with Crippen molar-refractivity contribution >= 4 is 17.7 Å². The van der Waals surface area contributed by atoms with Crippen LogP contribution in [0.25, 0.3) is 6.08 Å². The van der Waals surface area contributed by atoms with Crippen molar-refractivity contribution in [3.8, 4) is 5.75 Å². The summed E-state index contributed by atoms with van der Waals surface area (Å²) in [6, 6.07) is 10.6. The van der Waals surface area contributed by atoms with Gasteiger partial charge in [0.25, 0.3) is 0 Å². The molecule has 23 heavy (non-hydrogen) atoms. The summed E-state index contributed by atoms with van der Waals surface area (Å²) in [4.78, 5) is 2.36. The normalized spacial score (nSPS) is 20.2. The van der Waals surface area contributed by atoms with Crippen LogP contribution in [0, 0.1) is 0 Å². The Morgan fingerprint density at radius 2 is 2.04 bits per heavy atom. The maximum absolute atomic E-state index is 10.1. The van der Waals surface area contributed by atoms with Gasteiger partial charge in [-0.05, 0) is 59.8 Å². The van der Waals surface area contributed by atoms with Crippen molar-refractivity contribution in [3.05, 3.63) is 69.2 Å². The van der Waals surface area contributed by atoms with Gasteiger partial charge in [0.05, 0.1) is 5.02 Å². The minimum Gasteiger partial charge on any atom is -0.506 e. The van der Waals surface area contributed by atoms with Crippen LogP contribution in [-0.4, -0.2) is 30.1 Å². The summed E-state index contributed by atoms with van der Waals surface area (Å²) >= 11 is 6.13. The molecule has 3 heteroatoms. The second kappa shape index (κ2) is 5.70. The number of phenols is 1. The zero-order valence-electron chi connectivity index (χ0n) is 13.2. The van der Waals surface area contributed by atoms with E-state index in [1.54, 1.807) is 0 Å². The first-order valence-corrected chi connectivity index (χ1v) is 8.49. The topological polar surface area (TPSA) is 23.5 Å². The number of aromatic hydroxyl groups is 1. The smallest absolute Gasteiger partial charge is 0.134 e. The molecule has 0 spiro atoms. The maximum Gasteiger partial charge on any atom is 0.134 e. The van der Waals surface area contributed by atoms with Crippen LogP contribution >= 0.6 is 11.6 Å². The molecule has 0 saturated heterocycles. The first-order chi connectivity index (χ1) is 11.1. The number of allylic oxidation sites excluding steroid dienone is 1. The van der Waals surface area contributed by atoms with Crippen LogP contribution in [0.1, 0.15) is 33.7 Å². The van der Waals surface area contributed by atoms with Crippen LogP contribution in [0.2, 0.25) is 5.02 Å². The molecule has 1 aliphatic carbocycles. The predicted molar refractivity (Wildman–Crippen MR) is 95.3 cm³/mol. The van der Waals surface area contributed by atoms with E-state index in [1.165, 1.54) is 27.8 Å². The van der Waals surface area contributed by atoms with Crippen LogP contribution in [0.4, 0.5) is 0 Å². The lowest BCUT2D eigenvalue weighted by Gasteiger charge is -2.23. The fourth-order valence-electron chi connectivity index (χ4n) is 3.74. The molecule has 0 bridgehead atoms. The third-order valence-electron chi connectivity index (χ3n) is 5.05. The van der Waals surface area contributed by atoms with Crippen LogP contribution < -0.4 is 0 Å². The van der Waals surface area contributed by atoms with Gasteiger partial charge in [0.2, 0.25) is 0 Å². The van der Waals surface area contributed by atoms with E-state index >= 15 is 0 Å². The van der Waals surface area contributed by atoms with Gasteiger partial charge in [0, 0.05) is 19.0 Å². The van der Waals surface area contributed by atoms with Gasteiger partial charge in [-0.25, -0.2) is 0 Å². The predicted octanol–water partition coefficient (Wildman–Crippen LogP) is 4.23. The van der Waals surface area contributed by atoms with E-state index in [1.807, 2.05) is 12.1 Å². The Balaban J connectivity index is 1.83. The molecule has 4 rings (SSSR count). The lowest BCUT2D eigenvalue weighted by molar-refractivity contribution is 0.338. The molecule has 0 radical (unpaired) electrons. The van der Waals surface area contributed by atoms with Crippen LogP contribution in [-0.2, 0) is 12.8 Å². The van der Waals surface area contributed by atoms with Crippen molar-refractivity contribution in [2.24, 2.45) is 0 Å². The molecule has 2 nitrogen and oxygen atoms in total. The number of phenolic OH excluding ortho intramolecular Hbond substituents is 1. The van der Waals surface area contributed by atoms with Gasteiger partial charge in [0.15, 0.2) is 0 Å². The van der Waals surface area contributed by atoms with Crippen molar-refractivity contribution in [1.29, 1.82) is 0 Å². The maximum atomic E-state index is 10.1. The summed E-state index contributed by atoms with van der Waals surface area (Å²) in [6.45, 7) is 1.96. The monoisotopic (exact) mass is 325 g/mol. The lowest BCUT2D eigenvalue weighted by atomic mass is 9.86. The summed E-state index contributed by atoms with van der Waals surface area (Å²) in [5.41, 5.74) is 6.49. The quantitative estimate of drug-likeness (QED) is 0.848. The van der Waals surface area contributed by atoms with E-state index in [9.17, 15) is 5.11 Å². The van der Waals surface area contributed by atoms with Crippen LogP contribution in [0.5, 0.6) is 5.75 Å². The van der Waals surface area contributed by atoms with E-state index in [0.717, 1.165) is 25.9 Å². The van der Waals surface area contributed by atoms with E-state index in [2.05, 4.69) is 42.3 Å². The van der Waals surface area contributed by atoms with Crippen molar-refractivity contribution in [3.63, 3.8) is 0 Å². The first kappa shape index (κ1) is 14.8. The fourth-order valence-corrected chi connectivity index (χ4v) is 3.93. The van der Waals surface area contributed by atoms with E-state index in [0.29, 0.717) is 5.02 Å². The molecule has 1 N–H and O–H groups in total. The largest absolute Gasteiger partial charge is 0.506 e. The Morgan fingerprint density at radius 3 is 2.91 bits per heavy atom. The molecule has 1 atom stereocenters. The number of hydrogen-bond donors (Lipinski definition) is 1. The molecule has 1 unspecified atom stereocenters. The molecule has 2 aromatic rings. The highest BCUT2D eigenvalue weighted by molar-refractivity contribution is 6.32. The highest BCUT2D eigenvalue weighted by Crippen LogP contribution is 2.37. The molecular formula is C20H20ClNO. The fraction of sp³-hybridized carbons (Fsp3) is 0.300.